The second kappa shape index (κ2) is 16.2. The van der Waals surface area contributed by atoms with Crippen molar-refractivity contribution in [2.24, 2.45) is 17.8 Å². The Hall–Kier alpha value is -4.51. The normalized spacial score (nSPS) is 29.2. The molecule has 1 aromatic heterocycles. The van der Waals surface area contributed by atoms with E-state index < -0.39 is 86.1 Å². The zero-order valence-electron chi connectivity index (χ0n) is 32.6. The zero-order valence-corrected chi connectivity index (χ0v) is 33.4. The van der Waals surface area contributed by atoms with Crippen LogP contribution in [0.25, 0.3) is 10.8 Å². The number of hydrogen-bond donors (Lipinski definition) is 3. The van der Waals surface area contributed by atoms with E-state index in [2.05, 4.69) is 20.3 Å². The molecule has 4 aliphatic rings. The summed E-state index contributed by atoms with van der Waals surface area (Å²) in [6.07, 6.45) is 6.32. The van der Waals surface area contributed by atoms with E-state index in [-0.39, 0.29) is 43.5 Å². The van der Waals surface area contributed by atoms with Crippen LogP contribution >= 0.6 is 0 Å². The van der Waals surface area contributed by atoms with Crippen molar-refractivity contribution in [1.82, 2.24) is 25.2 Å². The van der Waals surface area contributed by atoms with Crippen LogP contribution in [-0.4, -0.2) is 104 Å². The van der Waals surface area contributed by atoms with E-state index in [4.69, 9.17) is 18.9 Å². The molecule has 2 aromatic rings. The molecule has 0 spiro atoms. The fourth-order valence-electron chi connectivity index (χ4n) is 7.68. The first kappa shape index (κ1) is 41.1. The molecule has 3 fully saturated rings. The molecular weight excluding hydrogens is 750 g/mol. The van der Waals surface area contributed by atoms with Crippen LogP contribution in [-0.2, 0) is 33.9 Å². The van der Waals surface area contributed by atoms with Crippen LogP contribution in [0.3, 0.4) is 0 Å². The molecule has 306 valence electrons. The van der Waals surface area contributed by atoms with Crippen molar-refractivity contribution >= 4 is 44.6 Å². The fourth-order valence-corrected chi connectivity index (χ4v) is 9.05. The number of nitrogens with zero attached hydrogens (tertiary/aromatic N) is 2. The van der Waals surface area contributed by atoms with Gasteiger partial charge in [-0.1, -0.05) is 19.1 Å². The molecule has 1 aromatic carbocycles. The SMILES string of the molecule is COC[C@@H]1C[C@H](C)CC/C=C\[C@@H]2C[C@@]2(C(=O)NS(=O)(=O)C2CC2)NC(=O)[C@@H]2C[C@@H](Oc3nccc4cc(OC)c(F)cc34)CN2C(=O)[C@H]1NC(=O)OC(C)(C)C. The molecule has 3 heterocycles. The summed E-state index contributed by atoms with van der Waals surface area (Å²) in [7, 11) is -1.08. The van der Waals surface area contributed by atoms with E-state index in [1.165, 1.54) is 37.4 Å². The van der Waals surface area contributed by atoms with Crippen LogP contribution in [0.5, 0.6) is 11.6 Å². The number of aromatic nitrogens is 1. The molecule has 7 atom stereocenters. The summed E-state index contributed by atoms with van der Waals surface area (Å²) in [6, 6.07) is 1.97. The first-order valence-electron chi connectivity index (χ1n) is 19.1. The molecule has 2 aliphatic heterocycles. The lowest BCUT2D eigenvalue weighted by atomic mass is 9.87. The number of nitrogens with one attached hydrogen (secondary N) is 3. The van der Waals surface area contributed by atoms with Gasteiger partial charge in [-0.3, -0.25) is 19.1 Å². The maximum Gasteiger partial charge on any atom is 0.408 e. The third-order valence-corrected chi connectivity index (χ3v) is 12.6. The lowest BCUT2D eigenvalue weighted by Gasteiger charge is -2.34. The molecule has 1 saturated heterocycles. The van der Waals surface area contributed by atoms with Crippen LogP contribution in [0.1, 0.15) is 72.6 Å². The minimum atomic E-state index is -3.94. The molecule has 3 N–H and O–H groups in total. The molecular formula is C39H52FN5O10S. The predicted octanol–water partition coefficient (Wildman–Crippen LogP) is 3.75. The topological polar surface area (TPSA) is 192 Å². The van der Waals surface area contributed by atoms with Gasteiger partial charge in [0.05, 0.1) is 25.5 Å². The Morgan fingerprint density at radius 3 is 2.55 bits per heavy atom. The van der Waals surface area contributed by atoms with Gasteiger partial charge >= 0.3 is 6.09 Å². The number of rotatable bonds is 9. The number of amides is 4. The first-order chi connectivity index (χ1) is 26.4. The second-order valence-corrected chi connectivity index (χ2v) is 18.4. The summed E-state index contributed by atoms with van der Waals surface area (Å²) >= 11 is 0. The number of sulfonamides is 1. The van der Waals surface area contributed by atoms with E-state index in [0.717, 1.165) is 0 Å². The highest BCUT2D eigenvalue weighted by atomic mass is 32.2. The molecule has 0 bridgehead atoms. The van der Waals surface area contributed by atoms with E-state index in [0.29, 0.717) is 42.9 Å². The van der Waals surface area contributed by atoms with E-state index in [1.807, 2.05) is 19.1 Å². The monoisotopic (exact) mass is 801 g/mol. The Bertz CT molecular complexity index is 1990. The van der Waals surface area contributed by atoms with Crippen molar-refractivity contribution in [2.75, 3.05) is 27.4 Å². The third kappa shape index (κ3) is 9.20. The molecule has 15 nitrogen and oxygen atoms in total. The van der Waals surface area contributed by atoms with Gasteiger partial charge < -0.3 is 34.5 Å². The summed E-state index contributed by atoms with van der Waals surface area (Å²) in [4.78, 5) is 62.2. The van der Waals surface area contributed by atoms with Crippen LogP contribution in [0.4, 0.5) is 9.18 Å². The Labute approximate surface area is 326 Å². The average Bonchev–Trinajstić information content (AvgIpc) is 4.04. The highest BCUT2D eigenvalue weighted by molar-refractivity contribution is 7.91. The number of alkyl carbamates (subject to hydrolysis) is 1. The number of benzene rings is 1. The van der Waals surface area contributed by atoms with Gasteiger partial charge in [0.15, 0.2) is 11.6 Å². The molecule has 2 aliphatic carbocycles. The maximum atomic E-state index is 14.9. The summed E-state index contributed by atoms with van der Waals surface area (Å²) < 4.78 is 65.5. The van der Waals surface area contributed by atoms with Crippen molar-refractivity contribution in [1.29, 1.82) is 0 Å². The van der Waals surface area contributed by atoms with Crippen molar-refractivity contribution in [2.45, 2.75) is 107 Å². The Morgan fingerprint density at radius 2 is 1.88 bits per heavy atom. The Morgan fingerprint density at radius 1 is 1.12 bits per heavy atom. The lowest BCUT2D eigenvalue weighted by Crippen LogP contribution is -2.59. The average molecular weight is 802 g/mol. The van der Waals surface area contributed by atoms with Gasteiger partial charge in [0.25, 0.3) is 5.91 Å². The summed E-state index contributed by atoms with van der Waals surface area (Å²) in [5.41, 5.74) is -2.45. The predicted molar refractivity (Wildman–Crippen MR) is 203 cm³/mol. The number of allylic oxidation sites excluding steroid dienone is 1. The van der Waals surface area contributed by atoms with Gasteiger partial charge in [-0.15, -0.1) is 0 Å². The van der Waals surface area contributed by atoms with Gasteiger partial charge in [-0.05, 0) is 88.8 Å². The molecule has 2 saturated carbocycles. The Kier molecular flexibility index (Phi) is 11.9. The van der Waals surface area contributed by atoms with Crippen molar-refractivity contribution in [3.8, 4) is 11.6 Å². The van der Waals surface area contributed by atoms with Gasteiger partial charge in [-0.2, -0.15) is 0 Å². The highest BCUT2D eigenvalue weighted by Gasteiger charge is 2.62. The lowest BCUT2D eigenvalue weighted by molar-refractivity contribution is -0.142. The van der Waals surface area contributed by atoms with E-state index in [9.17, 15) is 32.0 Å². The summed E-state index contributed by atoms with van der Waals surface area (Å²) in [6.45, 7) is 7.09. The number of methoxy groups -OCH3 is 2. The third-order valence-electron chi connectivity index (χ3n) is 10.8. The minimum absolute atomic E-state index is 0.0308. The van der Waals surface area contributed by atoms with Crippen molar-refractivity contribution in [3.63, 3.8) is 0 Å². The van der Waals surface area contributed by atoms with Gasteiger partial charge in [-0.25, -0.2) is 22.6 Å². The number of pyridine rings is 1. The first-order valence-corrected chi connectivity index (χ1v) is 20.6. The molecule has 6 rings (SSSR count). The Balaban J connectivity index is 1.38. The van der Waals surface area contributed by atoms with Crippen LogP contribution in [0.2, 0.25) is 0 Å². The summed E-state index contributed by atoms with van der Waals surface area (Å²) in [5.74, 6) is -3.67. The number of ether oxygens (including phenoxy) is 4. The van der Waals surface area contributed by atoms with Crippen LogP contribution in [0.15, 0.2) is 36.5 Å². The van der Waals surface area contributed by atoms with E-state index in [1.54, 1.807) is 26.8 Å². The number of carbonyl (C=O) groups excluding carboxylic acids is 4. The molecule has 4 amide bonds. The van der Waals surface area contributed by atoms with Crippen molar-refractivity contribution < 1.29 is 50.9 Å². The summed E-state index contributed by atoms with van der Waals surface area (Å²) in [5, 5.41) is 5.87. The van der Waals surface area contributed by atoms with Crippen molar-refractivity contribution in [3.05, 3.63) is 42.4 Å². The molecule has 56 heavy (non-hydrogen) atoms. The van der Waals surface area contributed by atoms with Gasteiger partial charge in [0.1, 0.15) is 29.3 Å². The van der Waals surface area contributed by atoms with Crippen LogP contribution in [0, 0.1) is 23.6 Å². The standard InChI is InChI=1S/C39H52FN5O10S/c1-22-9-7-8-10-25-19-39(25,36(48)44-56(50,51)27-11-12-27)43-33(46)30-17-26(54-34-28-18-29(40)31(53-6)16-23(28)13-14-41-34)20-45(30)35(47)32(24(15-22)21-52-5)42-37(49)55-38(2,3)4/h8,10,13-14,16,18,22,24-27,30,32H,7,9,11-12,15,17,19-21H2,1-6H3,(H,42,49)(H,43,46)(H,44,48)/b10-8-/t22-,24+,25-,26-,30+,32+,39-/m1/s1. The maximum absolute atomic E-state index is 14.9. The molecule has 0 unspecified atom stereocenters. The molecule has 17 heteroatoms. The van der Waals surface area contributed by atoms with E-state index >= 15 is 0 Å². The van der Waals surface area contributed by atoms with Gasteiger partial charge in [0.2, 0.25) is 27.7 Å². The highest BCUT2D eigenvalue weighted by Crippen LogP contribution is 2.46. The second-order valence-electron chi connectivity index (χ2n) is 16.4. The molecule has 0 radical (unpaired) electrons. The zero-order chi connectivity index (χ0) is 40.6. The minimum Gasteiger partial charge on any atom is -0.494 e. The number of hydrogen-bond acceptors (Lipinski definition) is 11. The smallest absolute Gasteiger partial charge is 0.408 e. The largest absolute Gasteiger partial charge is 0.494 e. The number of fused-ring (bicyclic) bond motifs is 3. The van der Waals surface area contributed by atoms with Crippen LogP contribution < -0.4 is 24.8 Å². The number of halogens is 1. The quantitative estimate of drug-likeness (QED) is 0.313. The fraction of sp³-hybridized carbons (Fsp3) is 0.615. The number of carbonyl (C=O) groups is 4. The van der Waals surface area contributed by atoms with Gasteiger partial charge in [0, 0.05) is 36.9 Å².